The fourth-order valence-corrected chi connectivity index (χ4v) is 5.99. The van der Waals surface area contributed by atoms with Gasteiger partial charge < -0.3 is 14.3 Å². The van der Waals surface area contributed by atoms with Crippen molar-refractivity contribution in [1.82, 2.24) is 4.90 Å². The Bertz CT molecular complexity index is 1120. The summed E-state index contributed by atoms with van der Waals surface area (Å²) >= 11 is 6.22. The Kier molecular flexibility index (Phi) is 9.06. The SMILES string of the molecule is CC(C)(C)OC(=O)N1C(Cc2ccc(C(=O)O)cc2)CCC1C(O[Si](C)(C)C(C)(C)C)c1ccc(Cl)cc1. The number of hydrogen-bond donors (Lipinski definition) is 1. The maximum Gasteiger partial charge on any atom is 0.410 e. The molecule has 1 amide bonds. The third kappa shape index (κ3) is 7.39. The van der Waals surface area contributed by atoms with Crippen LogP contribution in [0.25, 0.3) is 0 Å². The third-order valence-electron chi connectivity index (χ3n) is 7.60. The molecule has 3 atom stereocenters. The number of halogens is 1. The second kappa shape index (κ2) is 11.4. The maximum atomic E-state index is 13.7. The van der Waals surface area contributed by atoms with Gasteiger partial charge in [0.25, 0.3) is 0 Å². The summed E-state index contributed by atoms with van der Waals surface area (Å²) in [6.07, 6.45) is 1.46. The predicted octanol–water partition coefficient (Wildman–Crippen LogP) is 8.11. The van der Waals surface area contributed by atoms with E-state index < -0.39 is 19.9 Å². The van der Waals surface area contributed by atoms with E-state index >= 15 is 0 Å². The second-order valence-electron chi connectivity index (χ2n) is 12.7. The molecule has 6 nitrogen and oxygen atoms in total. The molecular weight excluding hydrogens is 518 g/mol. The maximum absolute atomic E-state index is 13.7. The van der Waals surface area contributed by atoms with Gasteiger partial charge in [0.2, 0.25) is 0 Å². The van der Waals surface area contributed by atoms with Crippen LogP contribution in [0, 0.1) is 0 Å². The first kappa shape index (κ1) is 30.2. The van der Waals surface area contributed by atoms with Crippen LogP contribution in [0.1, 0.15) is 82.0 Å². The van der Waals surface area contributed by atoms with Gasteiger partial charge in [-0.05, 0) is 93.6 Å². The van der Waals surface area contributed by atoms with E-state index in [1.165, 1.54) is 0 Å². The summed E-state index contributed by atoms with van der Waals surface area (Å²) in [6.45, 7) is 16.7. The zero-order valence-corrected chi connectivity index (χ0v) is 25.6. The van der Waals surface area contributed by atoms with E-state index in [1.54, 1.807) is 12.1 Å². The Hall–Kier alpha value is -2.35. The van der Waals surface area contributed by atoms with Crippen molar-refractivity contribution in [1.29, 1.82) is 0 Å². The molecule has 3 rings (SSSR count). The average molecular weight is 560 g/mol. The van der Waals surface area contributed by atoms with E-state index in [0.29, 0.717) is 11.4 Å². The predicted molar refractivity (Wildman–Crippen MR) is 154 cm³/mol. The summed E-state index contributed by atoms with van der Waals surface area (Å²) in [6, 6.07) is 14.3. The van der Waals surface area contributed by atoms with Crippen molar-refractivity contribution >= 4 is 32.0 Å². The molecule has 3 unspecified atom stereocenters. The summed E-state index contributed by atoms with van der Waals surface area (Å²) < 4.78 is 13.0. The molecular formula is C30H42ClNO5Si. The van der Waals surface area contributed by atoms with Crippen molar-refractivity contribution < 1.29 is 23.9 Å². The number of nitrogens with zero attached hydrogens (tertiary/aromatic N) is 1. The molecule has 1 heterocycles. The molecule has 1 N–H and O–H groups in total. The normalized spacial score (nSPS) is 19.3. The number of carboxylic acid groups (broad SMARTS) is 1. The highest BCUT2D eigenvalue weighted by atomic mass is 35.5. The van der Waals surface area contributed by atoms with E-state index in [4.69, 9.17) is 20.8 Å². The number of aromatic carboxylic acids is 1. The van der Waals surface area contributed by atoms with Gasteiger partial charge in [-0.3, -0.25) is 4.90 Å². The summed E-state index contributed by atoms with van der Waals surface area (Å²) in [7, 11) is -2.22. The molecule has 0 saturated carbocycles. The van der Waals surface area contributed by atoms with Crippen molar-refractivity contribution in [2.24, 2.45) is 0 Å². The van der Waals surface area contributed by atoms with E-state index in [1.807, 2.05) is 62.1 Å². The molecule has 1 aliphatic heterocycles. The topological polar surface area (TPSA) is 76.1 Å². The van der Waals surface area contributed by atoms with Crippen LogP contribution in [0.5, 0.6) is 0 Å². The van der Waals surface area contributed by atoms with Gasteiger partial charge >= 0.3 is 12.1 Å². The first-order valence-electron chi connectivity index (χ1n) is 13.3. The molecule has 2 aromatic carbocycles. The molecule has 1 saturated heterocycles. The molecule has 38 heavy (non-hydrogen) atoms. The number of benzene rings is 2. The van der Waals surface area contributed by atoms with Crippen LogP contribution in [0.4, 0.5) is 4.79 Å². The van der Waals surface area contributed by atoms with Gasteiger partial charge in [0.15, 0.2) is 8.32 Å². The quantitative estimate of drug-likeness (QED) is 0.347. The molecule has 208 valence electrons. The Morgan fingerprint density at radius 3 is 2.08 bits per heavy atom. The van der Waals surface area contributed by atoms with E-state index in [-0.39, 0.29) is 34.9 Å². The molecule has 2 aromatic rings. The van der Waals surface area contributed by atoms with Crippen LogP contribution in [-0.4, -0.2) is 48.1 Å². The lowest BCUT2D eigenvalue weighted by atomic mass is 10.0. The second-order valence-corrected chi connectivity index (χ2v) is 17.9. The standard InChI is InChI=1S/C30H42ClNO5Si/c1-29(2,3)36-28(35)32-24(19-20-9-11-22(12-10-20)27(33)34)17-18-25(32)26(21-13-15-23(31)16-14-21)37-38(7,8)30(4,5)6/h9-16,24-26H,17-19H2,1-8H3,(H,33,34). The van der Waals surface area contributed by atoms with Crippen molar-refractivity contribution in [3.63, 3.8) is 0 Å². The van der Waals surface area contributed by atoms with Crippen LogP contribution in [0.3, 0.4) is 0 Å². The summed E-state index contributed by atoms with van der Waals surface area (Å²) in [4.78, 5) is 26.9. The van der Waals surface area contributed by atoms with Crippen LogP contribution in [0.15, 0.2) is 48.5 Å². The van der Waals surface area contributed by atoms with Crippen LogP contribution < -0.4 is 0 Å². The Labute approximate surface area is 233 Å². The van der Waals surface area contributed by atoms with E-state index in [2.05, 4.69) is 33.9 Å². The lowest BCUT2D eigenvalue weighted by Crippen LogP contribution is -2.50. The number of hydrogen-bond acceptors (Lipinski definition) is 4. The van der Waals surface area contributed by atoms with Gasteiger partial charge in [-0.2, -0.15) is 0 Å². The number of ether oxygens (including phenoxy) is 1. The third-order valence-corrected chi connectivity index (χ3v) is 12.3. The fraction of sp³-hybridized carbons (Fsp3) is 0.533. The zero-order chi connectivity index (χ0) is 28.5. The minimum atomic E-state index is -2.22. The molecule has 1 fully saturated rings. The minimum Gasteiger partial charge on any atom is -0.478 e. The summed E-state index contributed by atoms with van der Waals surface area (Å²) in [5.41, 5.74) is 1.56. The van der Waals surface area contributed by atoms with Gasteiger partial charge in [0, 0.05) is 11.1 Å². The monoisotopic (exact) mass is 559 g/mol. The zero-order valence-electron chi connectivity index (χ0n) is 23.9. The summed E-state index contributed by atoms with van der Waals surface area (Å²) in [5.74, 6) is -0.957. The molecule has 0 radical (unpaired) electrons. The van der Waals surface area contributed by atoms with E-state index in [0.717, 1.165) is 24.0 Å². The van der Waals surface area contributed by atoms with Crippen molar-refractivity contribution in [3.8, 4) is 0 Å². The van der Waals surface area contributed by atoms with Gasteiger partial charge in [-0.1, -0.05) is 56.6 Å². The molecule has 0 aromatic heterocycles. The average Bonchev–Trinajstić information content (AvgIpc) is 3.20. The van der Waals surface area contributed by atoms with Gasteiger partial charge in [0.05, 0.1) is 17.7 Å². The van der Waals surface area contributed by atoms with Gasteiger partial charge in [-0.15, -0.1) is 0 Å². The van der Waals surface area contributed by atoms with Gasteiger partial charge in [0.1, 0.15) is 5.60 Å². The van der Waals surface area contributed by atoms with Crippen LogP contribution in [0.2, 0.25) is 23.2 Å². The first-order valence-corrected chi connectivity index (χ1v) is 16.5. The molecule has 8 heteroatoms. The van der Waals surface area contributed by atoms with Crippen molar-refractivity contribution in [3.05, 3.63) is 70.2 Å². The first-order chi connectivity index (χ1) is 17.5. The van der Waals surface area contributed by atoms with Gasteiger partial charge in [-0.25, -0.2) is 9.59 Å². The van der Waals surface area contributed by atoms with Crippen molar-refractivity contribution in [2.75, 3.05) is 0 Å². The number of carbonyl (C=O) groups is 2. The number of carbonyl (C=O) groups excluding carboxylic acids is 1. The lowest BCUT2D eigenvalue weighted by molar-refractivity contribution is -0.00239. The number of carboxylic acids is 1. The Morgan fingerprint density at radius 1 is 1.00 bits per heavy atom. The Morgan fingerprint density at radius 2 is 1.58 bits per heavy atom. The molecule has 0 spiro atoms. The van der Waals surface area contributed by atoms with Crippen LogP contribution in [-0.2, 0) is 15.6 Å². The summed E-state index contributed by atoms with van der Waals surface area (Å²) in [5, 5.41) is 9.90. The van der Waals surface area contributed by atoms with Crippen molar-refractivity contribution in [2.45, 2.75) is 103 Å². The molecule has 0 bridgehead atoms. The van der Waals surface area contributed by atoms with E-state index in [9.17, 15) is 14.7 Å². The fourth-order valence-electron chi connectivity index (χ4n) is 4.58. The van der Waals surface area contributed by atoms with Crippen LogP contribution >= 0.6 is 11.6 Å². The molecule has 0 aliphatic carbocycles. The highest BCUT2D eigenvalue weighted by Gasteiger charge is 2.47. The largest absolute Gasteiger partial charge is 0.478 e. The highest BCUT2D eigenvalue weighted by Crippen LogP contribution is 2.44. The number of likely N-dealkylation sites (tertiary alicyclic amines) is 1. The highest BCUT2D eigenvalue weighted by molar-refractivity contribution is 6.74. The number of rotatable bonds is 7. The molecule has 1 aliphatic rings. The number of amides is 1. The lowest BCUT2D eigenvalue weighted by Gasteiger charge is -2.43. The Balaban J connectivity index is 2.01. The minimum absolute atomic E-state index is 0.0156. The smallest absolute Gasteiger partial charge is 0.410 e.